The minimum Gasteiger partial charge on any atom is -0.360 e. The molecule has 5 heteroatoms. The van der Waals surface area contributed by atoms with Gasteiger partial charge in [0.2, 0.25) is 0 Å². The molecule has 132 valence electrons. The zero-order valence-electron chi connectivity index (χ0n) is 14.8. The van der Waals surface area contributed by atoms with Crippen molar-refractivity contribution in [1.29, 1.82) is 0 Å². The number of aromatic nitrogens is 1. The van der Waals surface area contributed by atoms with Gasteiger partial charge in [-0.05, 0) is 31.2 Å². The second-order valence-corrected chi connectivity index (χ2v) is 7.49. The fraction of sp³-hybridized carbons (Fsp3) is 0.500. The van der Waals surface area contributed by atoms with E-state index in [2.05, 4.69) is 53.5 Å². The molecule has 1 aliphatic heterocycles. The molecule has 3 atom stereocenters. The summed E-state index contributed by atoms with van der Waals surface area (Å²) in [4.78, 5) is 14.9. The quantitative estimate of drug-likeness (QED) is 0.907. The third kappa shape index (κ3) is 3.47. The molecule has 2 fully saturated rings. The van der Waals surface area contributed by atoms with Gasteiger partial charge in [0.25, 0.3) is 5.91 Å². The molecule has 0 bridgehead atoms. The van der Waals surface area contributed by atoms with Crippen molar-refractivity contribution in [1.82, 2.24) is 15.4 Å². The van der Waals surface area contributed by atoms with E-state index in [0.717, 1.165) is 31.7 Å². The van der Waals surface area contributed by atoms with Gasteiger partial charge in [-0.2, -0.15) is 0 Å². The molecule has 1 aromatic carbocycles. The second-order valence-electron chi connectivity index (χ2n) is 7.49. The van der Waals surface area contributed by atoms with E-state index >= 15 is 0 Å². The summed E-state index contributed by atoms with van der Waals surface area (Å²) in [6.45, 7) is 6.26. The number of benzene rings is 1. The average Bonchev–Trinajstić information content (AvgIpc) is 3.25. The third-order valence-electron chi connectivity index (χ3n) is 5.53. The van der Waals surface area contributed by atoms with Crippen molar-refractivity contribution in [2.24, 2.45) is 5.92 Å². The van der Waals surface area contributed by atoms with Gasteiger partial charge >= 0.3 is 0 Å². The van der Waals surface area contributed by atoms with Gasteiger partial charge in [0, 0.05) is 37.2 Å². The zero-order chi connectivity index (χ0) is 17.4. The van der Waals surface area contributed by atoms with Crippen LogP contribution in [0.1, 0.15) is 60.5 Å². The van der Waals surface area contributed by atoms with Crippen LogP contribution in [0.5, 0.6) is 0 Å². The highest BCUT2D eigenvalue weighted by Crippen LogP contribution is 2.40. The lowest BCUT2D eigenvalue weighted by Gasteiger charge is -2.24. The van der Waals surface area contributed by atoms with Gasteiger partial charge in [-0.3, -0.25) is 9.69 Å². The number of carbonyl (C=O) groups is 1. The molecular weight excluding hydrogens is 314 g/mol. The highest BCUT2D eigenvalue weighted by Gasteiger charge is 2.34. The number of rotatable bonds is 5. The van der Waals surface area contributed by atoms with Crippen molar-refractivity contribution < 1.29 is 9.32 Å². The zero-order valence-corrected chi connectivity index (χ0v) is 14.8. The first kappa shape index (κ1) is 16.3. The Balaban J connectivity index is 1.38. The highest BCUT2D eigenvalue weighted by molar-refractivity contribution is 5.92. The summed E-state index contributed by atoms with van der Waals surface area (Å²) in [5.41, 5.74) is 1.72. The van der Waals surface area contributed by atoms with E-state index in [1.54, 1.807) is 6.07 Å². The minimum absolute atomic E-state index is 0.123. The van der Waals surface area contributed by atoms with Crippen molar-refractivity contribution in [2.45, 2.75) is 44.7 Å². The highest BCUT2D eigenvalue weighted by atomic mass is 16.5. The Kier molecular flexibility index (Phi) is 4.34. The normalized spacial score (nSPS) is 25.0. The predicted octanol–water partition coefficient (Wildman–Crippen LogP) is 3.36. The van der Waals surface area contributed by atoms with Crippen LogP contribution >= 0.6 is 0 Å². The van der Waals surface area contributed by atoms with Crippen LogP contribution in [0, 0.1) is 5.92 Å². The van der Waals surface area contributed by atoms with Crippen molar-refractivity contribution >= 4 is 5.91 Å². The average molecular weight is 339 g/mol. The third-order valence-corrected chi connectivity index (χ3v) is 5.53. The maximum Gasteiger partial charge on any atom is 0.273 e. The van der Waals surface area contributed by atoms with Gasteiger partial charge < -0.3 is 9.84 Å². The number of nitrogens with zero attached hydrogens (tertiary/aromatic N) is 2. The van der Waals surface area contributed by atoms with E-state index in [9.17, 15) is 4.79 Å². The van der Waals surface area contributed by atoms with Crippen LogP contribution in [-0.4, -0.2) is 35.1 Å². The Morgan fingerprint density at radius 2 is 2.04 bits per heavy atom. The molecule has 4 rings (SSSR count). The van der Waals surface area contributed by atoms with E-state index in [-0.39, 0.29) is 11.9 Å². The van der Waals surface area contributed by atoms with Crippen LogP contribution in [0.4, 0.5) is 0 Å². The van der Waals surface area contributed by atoms with Crippen molar-refractivity contribution in [3.63, 3.8) is 0 Å². The monoisotopic (exact) mass is 339 g/mol. The number of carbonyl (C=O) groups excluding carboxylic acids is 1. The van der Waals surface area contributed by atoms with Gasteiger partial charge in [-0.1, -0.05) is 42.4 Å². The van der Waals surface area contributed by atoms with Crippen LogP contribution in [-0.2, 0) is 0 Å². The Morgan fingerprint density at radius 3 is 2.76 bits per heavy atom. The number of likely N-dealkylation sites (tertiary alicyclic amines) is 1. The molecule has 5 nitrogen and oxygen atoms in total. The number of amides is 1. The summed E-state index contributed by atoms with van der Waals surface area (Å²) >= 11 is 0. The second kappa shape index (κ2) is 6.64. The van der Waals surface area contributed by atoms with E-state index in [1.807, 2.05) is 6.07 Å². The summed E-state index contributed by atoms with van der Waals surface area (Å²) in [6.07, 6.45) is 2.28. The molecule has 1 unspecified atom stereocenters. The fourth-order valence-corrected chi connectivity index (χ4v) is 3.65. The molecule has 25 heavy (non-hydrogen) atoms. The van der Waals surface area contributed by atoms with E-state index in [4.69, 9.17) is 4.52 Å². The summed E-state index contributed by atoms with van der Waals surface area (Å²) in [5.74, 6) is 1.61. The van der Waals surface area contributed by atoms with E-state index < -0.39 is 0 Å². The Bertz CT molecular complexity index is 738. The molecule has 1 aliphatic carbocycles. The van der Waals surface area contributed by atoms with Gasteiger partial charge in [-0.15, -0.1) is 0 Å². The van der Waals surface area contributed by atoms with Crippen LogP contribution < -0.4 is 5.32 Å². The molecule has 1 saturated heterocycles. The molecule has 2 aliphatic rings. The van der Waals surface area contributed by atoms with Crippen LogP contribution in [0.2, 0.25) is 0 Å². The summed E-state index contributed by atoms with van der Waals surface area (Å²) in [5, 5.41) is 7.10. The summed E-state index contributed by atoms with van der Waals surface area (Å²) in [7, 11) is 0. The first-order valence-electron chi connectivity index (χ1n) is 9.18. The van der Waals surface area contributed by atoms with Gasteiger partial charge in [0.1, 0.15) is 5.76 Å². The SMILES string of the molecule is CC(c1ccccc1)N1C[C@H](C)[C@H](NC(=O)c2cc(C3CC3)on2)C1. The first-order chi connectivity index (χ1) is 12.1. The number of hydrogen-bond donors (Lipinski definition) is 1. The smallest absolute Gasteiger partial charge is 0.273 e. The number of hydrogen-bond acceptors (Lipinski definition) is 4. The standard InChI is InChI=1S/C20H25N3O2/c1-13-11-23(14(2)15-6-4-3-5-7-15)12-18(13)21-20(24)17-10-19(25-22-17)16-8-9-16/h3-7,10,13-14,16,18H,8-9,11-12H2,1-2H3,(H,21,24)/t13-,14?,18+/m0/s1. The molecule has 1 aromatic heterocycles. The summed E-state index contributed by atoms with van der Waals surface area (Å²) in [6, 6.07) is 12.8. The van der Waals surface area contributed by atoms with Crippen LogP contribution in [0.3, 0.4) is 0 Å². The van der Waals surface area contributed by atoms with Crippen molar-refractivity contribution in [2.75, 3.05) is 13.1 Å². The van der Waals surface area contributed by atoms with Crippen LogP contribution in [0.15, 0.2) is 40.9 Å². The van der Waals surface area contributed by atoms with Crippen molar-refractivity contribution in [3.05, 3.63) is 53.4 Å². The molecule has 1 amide bonds. The Hall–Kier alpha value is -2.14. The van der Waals surface area contributed by atoms with E-state index in [0.29, 0.717) is 23.6 Å². The molecule has 0 spiro atoms. The minimum atomic E-state index is -0.123. The first-order valence-corrected chi connectivity index (χ1v) is 9.18. The number of nitrogens with one attached hydrogen (secondary N) is 1. The lowest BCUT2D eigenvalue weighted by atomic mass is 10.1. The predicted molar refractivity (Wildman–Crippen MR) is 95.3 cm³/mol. The maximum atomic E-state index is 12.5. The summed E-state index contributed by atoms with van der Waals surface area (Å²) < 4.78 is 5.30. The topological polar surface area (TPSA) is 58.4 Å². The molecule has 2 heterocycles. The molecule has 2 aromatic rings. The molecule has 1 N–H and O–H groups in total. The van der Waals surface area contributed by atoms with Gasteiger partial charge in [0.15, 0.2) is 5.69 Å². The van der Waals surface area contributed by atoms with Crippen molar-refractivity contribution in [3.8, 4) is 0 Å². The Morgan fingerprint density at radius 1 is 1.28 bits per heavy atom. The lowest BCUT2D eigenvalue weighted by molar-refractivity contribution is 0.0921. The fourth-order valence-electron chi connectivity index (χ4n) is 3.65. The van der Waals surface area contributed by atoms with Gasteiger partial charge in [-0.25, -0.2) is 0 Å². The lowest BCUT2D eigenvalue weighted by Crippen LogP contribution is -2.40. The largest absolute Gasteiger partial charge is 0.360 e. The molecular formula is C20H25N3O2. The van der Waals surface area contributed by atoms with Crippen LogP contribution in [0.25, 0.3) is 0 Å². The molecule has 0 radical (unpaired) electrons. The molecule has 1 saturated carbocycles. The van der Waals surface area contributed by atoms with E-state index in [1.165, 1.54) is 5.56 Å². The maximum absolute atomic E-state index is 12.5. The Labute approximate surface area is 148 Å². The van der Waals surface area contributed by atoms with Gasteiger partial charge in [0.05, 0.1) is 0 Å².